The number of nitrogens with one attached hydrogen (secondary N) is 2. The van der Waals surface area contributed by atoms with Gasteiger partial charge in [-0.1, -0.05) is 30.9 Å². The number of hydrogen-bond donors (Lipinski definition) is 2. The van der Waals surface area contributed by atoms with Gasteiger partial charge in [-0.25, -0.2) is 9.78 Å². The molecule has 6 heteroatoms. The molecule has 1 aromatic heterocycles. The predicted octanol–water partition coefficient (Wildman–Crippen LogP) is 3.12. The zero-order chi connectivity index (χ0) is 15.1. The zero-order valence-corrected chi connectivity index (χ0v) is 13.2. The van der Waals surface area contributed by atoms with Crippen molar-refractivity contribution in [3.8, 4) is 0 Å². The molecular formula is C15H23ClN4O. The van der Waals surface area contributed by atoms with Gasteiger partial charge in [0.25, 0.3) is 0 Å². The number of urea groups is 1. The lowest BCUT2D eigenvalue weighted by Crippen LogP contribution is -2.40. The van der Waals surface area contributed by atoms with Gasteiger partial charge in [0.2, 0.25) is 0 Å². The van der Waals surface area contributed by atoms with Crippen molar-refractivity contribution in [3.05, 3.63) is 23.5 Å². The third-order valence-electron chi connectivity index (χ3n) is 3.96. The first-order valence-corrected chi connectivity index (χ1v) is 7.90. The molecule has 2 N–H and O–H groups in total. The minimum atomic E-state index is -0.248. The van der Waals surface area contributed by atoms with Crippen molar-refractivity contribution < 1.29 is 4.79 Å². The number of halogens is 1. The smallest absolute Gasteiger partial charge is 0.319 e. The van der Waals surface area contributed by atoms with Crippen LogP contribution < -0.4 is 10.6 Å². The van der Waals surface area contributed by atoms with Crippen LogP contribution in [0.1, 0.15) is 32.1 Å². The second-order valence-electron chi connectivity index (χ2n) is 5.50. The van der Waals surface area contributed by atoms with Gasteiger partial charge in [-0.15, -0.1) is 0 Å². The number of hydrogen-bond acceptors (Lipinski definition) is 3. The van der Waals surface area contributed by atoms with Crippen LogP contribution in [-0.4, -0.2) is 42.1 Å². The largest absolute Gasteiger partial charge is 0.337 e. The van der Waals surface area contributed by atoms with Gasteiger partial charge >= 0.3 is 6.03 Å². The highest BCUT2D eigenvalue weighted by Crippen LogP contribution is 2.21. The van der Waals surface area contributed by atoms with Crippen molar-refractivity contribution in [1.82, 2.24) is 15.2 Å². The summed E-state index contributed by atoms with van der Waals surface area (Å²) in [5.74, 6) is 0. The molecule has 1 aliphatic carbocycles. The molecule has 0 unspecified atom stereocenters. The van der Waals surface area contributed by atoms with E-state index in [1.165, 1.54) is 32.1 Å². The molecular weight excluding hydrogens is 288 g/mol. The SMILES string of the molecule is CN(CCNC(=O)Nc1cccnc1Cl)C1CCCCC1. The molecule has 0 radical (unpaired) electrons. The second kappa shape index (κ2) is 8.20. The number of amides is 2. The maximum Gasteiger partial charge on any atom is 0.319 e. The van der Waals surface area contributed by atoms with Gasteiger partial charge in [-0.2, -0.15) is 0 Å². The molecule has 2 amide bonds. The number of rotatable bonds is 5. The van der Waals surface area contributed by atoms with Crippen molar-refractivity contribution in [1.29, 1.82) is 0 Å². The Morgan fingerprint density at radius 3 is 2.90 bits per heavy atom. The summed E-state index contributed by atoms with van der Waals surface area (Å²) in [5, 5.41) is 5.85. The van der Waals surface area contributed by atoms with E-state index >= 15 is 0 Å². The van der Waals surface area contributed by atoms with Crippen LogP contribution >= 0.6 is 11.6 Å². The predicted molar refractivity (Wildman–Crippen MR) is 85.8 cm³/mol. The Morgan fingerprint density at radius 1 is 1.43 bits per heavy atom. The quantitative estimate of drug-likeness (QED) is 0.822. The number of aromatic nitrogens is 1. The molecule has 1 aliphatic rings. The Balaban J connectivity index is 1.68. The standard InChI is InChI=1S/C15H23ClN4O/c1-20(12-6-3-2-4-7-12)11-10-18-15(21)19-13-8-5-9-17-14(13)16/h5,8-9,12H,2-4,6-7,10-11H2,1H3,(H2,18,19,21). The van der Waals surface area contributed by atoms with Gasteiger partial charge < -0.3 is 15.5 Å². The Bertz CT molecular complexity index is 463. The van der Waals surface area contributed by atoms with Crippen LogP contribution in [-0.2, 0) is 0 Å². The Morgan fingerprint density at radius 2 is 2.19 bits per heavy atom. The summed E-state index contributed by atoms with van der Waals surface area (Å²) in [6.45, 7) is 1.48. The van der Waals surface area contributed by atoms with Crippen molar-refractivity contribution in [2.45, 2.75) is 38.1 Å². The molecule has 1 heterocycles. The van der Waals surface area contributed by atoms with E-state index < -0.39 is 0 Å². The van der Waals surface area contributed by atoms with Crippen molar-refractivity contribution >= 4 is 23.3 Å². The van der Waals surface area contributed by atoms with E-state index in [1.807, 2.05) is 0 Å². The lowest BCUT2D eigenvalue weighted by molar-refractivity contribution is 0.192. The molecule has 0 aliphatic heterocycles. The number of likely N-dealkylation sites (N-methyl/N-ethyl adjacent to an activating group) is 1. The van der Waals surface area contributed by atoms with Gasteiger partial charge in [-0.3, -0.25) is 0 Å². The Hall–Kier alpha value is -1.33. The van der Waals surface area contributed by atoms with Crippen LogP contribution in [0, 0.1) is 0 Å². The van der Waals surface area contributed by atoms with E-state index in [0.29, 0.717) is 23.4 Å². The van der Waals surface area contributed by atoms with Crippen LogP contribution in [0.5, 0.6) is 0 Å². The highest BCUT2D eigenvalue weighted by Gasteiger charge is 2.17. The summed E-state index contributed by atoms with van der Waals surface area (Å²) in [4.78, 5) is 18.1. The Kier molecular flexibility index (Phi) is 6.26. The molecule has 0 spiro atoms. The third-order valence-corrected chi connectivity index (χ3v) is 4.26. The van der Waals surface area contributed by atoms with E-state index in [9.17, 15) is 4.79 Å². The second-order valence-corrected chi connectivity index (χ2v) is 5.85. The maximum atomic E-state index is 11.8. The lowest BCUT2D eigenvalue weighted by atomic mass is 9.94. The number of carbonyl (C=O) groups excluding carboxylic acids is 1. The van der Waals surface area contributed by atoms with Gasteiger partial charge in [0.15, 0.2) is 5.15 Å². The van der Waals surface area contributed by atoms with Crippen molar-refractivity contribution in [2.75, 3.05) is 25.5 Å². The first-order valence-electron chi connectivity index (χ1n) is 7.52. The number of anilines is 1. The van der Waals surface area contributed by atoms with Crippen molar-refractivity contribution in [3.63, 3.8) is 0 Å². The molecule has 0 bridgehead atoms. The molecule has 1 saturated carbocycles. The lowest BCUT2D eigenvalue weighted by Gasteiger charge is -2.31. The van der Waals surface area contributed by atoms with Gasteiger partial charge in [0, 0.05) is 25.3 Å². The first-order chi connectivity index (χ1) is 10.2. The van der Waals surface area contributed by atoms with Gasteiger partial charge in [0.1, 0.15) is 0 Å². The topological polar surface area (TPSA) is 57.3 Å². The van der Waals surface area contributed by atoms with E-state index in [4.69, 9.17) is 11.6 Å². The van der Waals surface area contributed by atoms with Crippen LogP contribution in [0.4, 0.5) is 10.5 Å². The number of carbonyl (C=O) groups is 1. The van der Waals surface area contributed by atoms with Crippen LogP contribution in [0.3, 0.4) is 0 Å². The minimum Gasteiger partial charge on any atom is -0.337 e. The summed E-state index contributed by atoms with van der Waals surface area (Å²) in [6, 6.07) is 3.87. The number of nitrogens with zero attached hydrogens (tertiary/aromatic N) is 2. The molecule has 0 atom stereocenters. The molecule has 1 aromatic rings. The summed E-state index contributed by atoms with van der Waals surface area (Å²) in [7, 11) is 2.13. The maximum absolute atomic E-state index is 11.8. The molecule has 5 nitrogen and oxygen atoms in total. The summed E-state index contributed by atoms with van der Waals surface area (Å²) < 4.78 is 0. The normalized spacial score (nSPS) is 16.0. The van der Waals surface area contributed by atoms with Crippen LogP contribution in [0.2, 0.25) is 5.15 Å². The average Bonchev–Trinajstić information content (AvgIpc) is 2.50. The minimum absolute atomic E-state index is 0.248. The summed E-state index contributed by atoms with van der Waals surface area (Å²) >= 11 is 5.89. The average molecular weight is 311 g/mol. The molecule has 0 saturated heterocycles. The Labute approximate surface area is 131 Å². The third kappa shape index (κ3) is 5.17. The summed E-state index contributed by atoms with van der Waals surface area (Å²) in [6.07, 6.45) is 8.13. The van der Waals surface area contributed by atoms with E-state index in [0.717, 1.165) is 6.54 Å². The van der Waals surface area contributed by atoms with Crippen molar-refractivity contribution in [2.24, 2.45) is 0 Å². The fourth-order valence-electron chi connectivity index (χ4n) is 2.70. The van der Waals surface area contributed by atoms with Gasteiger partial charge in [0.05, 0.1) is 5.69 Å². The highest BCUT2D eigenvalue weighted by molar-refractivity contribution is 6.32. The molecule has 2 rings (SSSR count). The highest BCUT2D eigenvalue weighted by atomic mass is 35.5. The van der Waals surface area contributed by atoms with E-state index in [2.05, 4.69) is 27.6 Å². The monoisotopic (exact) mass is 310 g/mol. The summed E-state index contributed by atoms with van der Waals surface area (Å²) in [5.41, 5.74) is 0.525. The van der Waals surface area contributed by atoms with E-state index in [-0.39, 0.29) is 6.03 Å². The molecule has 0 aromatic carbocycles. The fourth-order valence-corrected chi connectivity index (χ4v) is 2.86. The molecule has 116 valence electrons. The first kappa shape index (κ1) is 16.0. The van der Waals surface area contributed by atoms with Crippen LogP contribution in [0.25, 0.3) is 0 Å². The molecule has 1 fully saturated rings. The molecule has 21 heavy (non-hydrogen) atoms. The zero-order valence-electron chi connectivity index (χ0n) is 12.4. The van der Waals surface area contributed by atoms with Gasteiger partial charge in [-0.05, 0) is 32.0 Å². The fraction of sp³-hybridized carbons (Fsp3) is 0.600. The van der Waals surface area contributed by atoms with E-state index in [1.54, 1.807) is 18.3 Å². The van der Waals surface area contributed by atoms with Crippen LogP contribution in [0.15, 0.2) is 18.3 Å². The number of pyridine rings is 1.